The molecule has 3 aromatic rings. The van der Waals surface area contributed by atoms with Crippen LogP contribution in [-0.2, 0) is 6.42 Å². The molecule has 0 saturated heterocycles. The summed E-state index contributed by atoms with van der Waals surface area (Å²) in [5, 5.41) is 9.44. The first-order valence-electron chi connectivity index (χ1n) is 9.36. The van der Waals surface area contributed by atoms with Crippen LogP contribution in [0.25, 0.3) is 16.9 Å². The van der Waals surface area contributed by atoms with Crippen molar-refractivity contribution in [2.45, 2.75) is 39.0 Å². The van der Waals surface area contributed by atoms with E-state index in [1.807, 2.05) is 12.1 Å². The third-order valence-corrected chi connectivity index (χ3v) is 5.29. The van der Waals surface area contributed by atoms with Crippen molar-refractivity contribution in [3.8, 4) is 16.9 Å². The maximum absolute atomic E-state index is 6.09. The van der Waals surface area contributed by atoms with Crippen LogP contribution >= 0.6 is 11.6 Å². The molecule has 0 spiro atoms. The van der Waals surface area contributed by atoms with Gasteiger partial charge in [0.2, 0.25) is 0 Å². The van der Waals surface area contributed by atoms with Crippen LogP contribution in [-0.4, -0.2) is 16.3 Å². The molecule has 4 heteroatoms. The van der Waals surface area contributed by atoms with Crippen molar-refractivity contribution in [3.05, 3.63) is 64.7 Å². The molecule has 1 aromatic heterocycles. The first-order chi connectivity index (χ1) is 12.6. The Morgan fingerprint density at radius 2 is 1.81 bits per heavy atom. The van der Waals surface area contributed by atoms with Crippen molar-refractivity contribution in [2.75, 3.05) is 11.9 Å². The Morgan fingerprint density at radius 3 is 2.58 bits per heavy atom. The van der Waals surface area contributed by atoms with Gasteiger partial charge in [-0.05, 0) is 48.9 Å². The van der Waals surface area contributed by atoms with Gasteiger partial charge in [-0.25, -0.2) is 4.68 Å². The molecule has 26 heavy (non-hydrogen) atoms. The highest BCUT2D eigenvalue weighted by Crippen LogP contribution is 2.36. The lowest BCUT2D eigenvalue weighted by molar-refractivity contribution is 0.776. The van der Waals surface area contributed by atoms with Gasteiger partial charge in [-0.1, -0.05) is 55.8 Å². The molecule has 1 aliphatic heterocycles. The van der Waals surface area contributed by atoms with Crippen molar-refractivity contribution >= 4 is 17.4 Å². The third-order valence-electron chi connectivity index (χ3n) is 5.03. The van der Waals surface area contributed by atoms with Crippen LogP contribution in [0.3, 0.4) is 0 Å². The van der Waals surface area contributed by atoms with Gasteiger partial charge in [-0.3, -0.25) is 0 Å². The van der Waals surface area contributed by atoms with Crippen molar-refractivity contribution in [1.82, 2.24) is 9.78 Å². The second-order valence-corrected chi connectivity index (χ2v) is 7.63. The highest BCUT2D eigenvalue weighted by molar-refractivity contribution is 6.30. The predicted octanol–water partition coefficient (Wildman–Crippen LogP) is 6.06. The minimum atomic E-state index is 0.441. The molecule has 1 N–H and O–H groups in total. The normalized spacial score (nSPS) is 14.0. The lowest BCUT2D eigenvalue weighted by Gasteiger charge is -2.15. The summed E-state index contributed by atoms with van der Waals surface area (Å²) in [6.07, 6.45) is 3.41. The first-order valence-corrected chi connectivity index (χ1v) is 9.74. The molecule has 134 valence electrons. The first kappa shape index (κ1) is 17.2. The number of halogens is 1. The number of nitrogens with one attached hydrogen (secondary N) is 1. The standard InChI is InChI=1S/C22H24ClN3/c1-15(2)18-7-3-4-9-20(18)26-22-19(8-5-6-14-24-22)21(25-26)16-10-12-17(23)13-11-16/h3-4,7,9-13,15,24H,5-6,8,14H2,1-2H3. The summed E-state index contributed by atoms with van der Waals surface area (Å²) in [5.41, 5.74) is 5.96. The molecular formula is C22H24ClN3. The van der Waals surface area contributed by atoms with Crippen molar-refractivity contribution in [1.29, 1.82) is 0 Å². The van der Waals surface area contributed by atoms with Crippen LogP contribution < -0.4 is 5.32 Å². The Balaban J connectivity index is 1.92. The maximum Gasteiger partial charge on any atom is 0.133 e. The van der Waals surface area contributed by atoms with E-state index in [-0.39, 0.29) is 0 Å². The summed E-state index contributed by atoms with van der Waals surface area (Å²) in [6, 6.07) is 16.6. The fourth-order valence-corrected chi connectivity index (χ4v) is 3.81. The van der Waals surface area contributed by atoms with Gasteiger partial charge in [0.15, 0.2) is 0 Å². The van der Waals surface area contributed by atoms with E-state index >= 15 is 0 Å². The highest BCUT2D eigenvalue weighted by atomic mass is 35.5. The zero-order valence-corrected chi connectivity index (χ0v) is 16.1. The Labute approximate surface area is 160 Å². The van der Waals surface area contributed by atoms with Crippen LogP contribution in [0, 0.1) is 0 Å². The lowest BCUT2D eigenvalue weighted by atomic mass is 10.0. The Morgan fingerprint density at radius 1 is 1.04 bits per heavy atom. The van der Waals surface area contributed by atoms with Crippen LogP contribution in [0.1, 0.15) is 43.7 Å². The SMILES string of the molecule is CC(C)c1ccccc1-n1nc(-c2ccc(Cl)cc2)c2c1NCCCC2. The molecule has 0 atom stereocenters. The Bertz CT molecular complexity index is 910. The average molecular weight is 366 g/mol. The van der Waals surface area contributed by atoms with Gasteiger partial charge in [0.05, 0.1) is 11.4 Å². The summed E-state index contributed by atoms with van der Waals surface area (Å²) < 4.78 is 2.11. The van der Waals surface area contributed by atoms with Gasteiger partial charge in [0, 0.05) is 22.7 Å². The van der Waals surface area contributed by atoms with E-state index < -0.39 is 0 Å². The summed E-state index contributed by atoms with van der Waals surface area (Å²) in [5.74, 6) is 1.58. The van der Waals surface area contributed by atoms with Gasteiger partial charge in [0.1, 0.15) is 5.82 Å². The van der Waals surface area contributed by atoms with Crippen LogP contribution in [0.15, 0.2) is 48.5 Å². The molecule has 0 amide bonds. The van der Waals surface area contributed by atoms with E-state index in [0.29, 0.717) is 5.92 Å². The van der Waals surface area contributed by atoms with E-state index in [2.05, 4.69) is 60.2 Å². The smallest absolute Gasteiger partial charge is 0.133 e. The number of hydrogen-bond donors (Lipinski definition) is 1. The van der Waals surface area contributed by atoms with Crippen LogP contribution in [0.2, 0.25) is 5.02 Å². The summed E-state index contributed by atoms with van der Waals surface area (Å²) in [4.78, 5) is 0. The number of hydrogen-bond acceptors (Lipinski definition) is 2. The number of nitrogens with zero attached hydrogens (tertiary/aromatic N) is 2. The lowest BCUT2D eigenvalue weighted by Crippen LogP contribution is -2.09. The van der Waals surface area contributed by atoms with E-state index in [9.17, 15) is 0 Å². The van der Waals surface area contributed by atoms with E-state index in [1.165, 1.54) is 24.0 Å². The van der Waals surface area contributed by atoms with Gasteiger partial charge >= 0.3 is 0 Å². The van der Waals surface area contributed by atoms with Crippen molar-refractivity contribution in [2.24, 2.45) is 0 Å². The van der Waals surface area contributed by atoms with Gasteiger partial charge < -0.3 is 5.32 Å². The number of rotatable bonds is 3. The second kappa shape index (κ2) is 7.16. The molecule has 0 bridgehead atoms. The fraction of sp³-hybridized carbons (Fsp3) is 0.318. The number of anilines is 1. The highest BCUT2D eigenvalue weighted by Gasteiger charge is 2.23. The fourth-order valence-electron chi connectivity index (χ4n) is 3.68. The number of benzene rings is 2. The quantitative estimate of drug-likeness (QED) is 0.611. The van der Waals surface area contributed by atoms with Gasteiger partial charge in [0.25, 0.3) is 0 Å². The average Bonchev–Trinajstić information content (AvgIpc) is 2.84. The molecular weight excluding hydrogens is 342 g/mol. The zero-order chi connectivity index (χ0) is 18.1. The molecule has 0 saturated carbocycles. The number of para-hydroxylation sites is 1. The number of aromatic nitrogens is 2. The van der Waals surface area contributed by atoms with Gasteiger partial charge in [-0.2, -0.15) is 5.10 Å². The largest absolute Gasteiger partial charge is 0.370 e. The topological polar surface area (TPSA) is 29.9 Å². The third kappa shape index (κ3) is 3.12. The van der Waals surface area contributed by atoms with Crippen molar-refractivity contribution in [3.63, 3.8) is 0 Å². The van der Waals surface area contributed by atoms with E-state index in [1.54, 1.807) is 0 Å². The van der Waals surface area contributed by atoms with Crippen LogP contribution in [0.4, 0.5) is 5.82 Å². The minimum absolute atomic E-state index is 0.441. The minimum Gasteiger partial charge on any atom is -0.370 e. The Kier molecular flexibility index (Phi) is 4.73. The second-order valence-electron chi connectivity index (χ2n) is 7.19. The molecule has 0 aliphatic carbocycles. The maximum atomic E-state index is 6.09. The molecule has 2 aromatic carbocycles. The van der Waals surface area contributed by atoms with E-state index in [4.69, 9.17) is 16.7 Å². The number of fused-ring (bicyclic) bond motifs is 1. The van der Waals surface area contributed by atoms with Gasteiger partial charge in [-0.15, -0.1) is 0 Å². The zero-order valence-electron chi connectivity index (χ0n) is 15.3. The van der Waals surface area contributed by atoms with E-state index in [0.717, 1.165) is 40.8 Å². The van der Waals surface area contributed by atoms with Crippen molar-refractivity contribution < 1.29 is 0 Å². The molecule has 2 heterocycles. The molecule has 1 aliphatic rings. The van der Waals surface area contributed by atoms with Crippen LogP contribution in [0.5, 0.6) is 0 Å². The summed E-state index contributed by atoms with van der Waals surface area (Å²) >= 11 is 6.09. The molecule has 0 radical (unpaired) electrons. The molecule has 4 rings (SSSR count). The molecule has 3 nitrogen and oxygen atoms in total. The monoisotopic (exact) mass is 365 g/mol. The summed E-state index contributed by atoms with van der Waals surface area (Å²) in [6.45, 7) is 5.45. The molecule has 0 unspecified atom stereocenters. The molecule has 0 fully saturated rings. The predicted molar refractivity (Wildman–Crippen MR) is 110 cm³/mol. The summed E-state index contributed by atoms with van der Waals surface area (Å²) in [7, 11) is 0. The Hall–Kier alpha value is -2.26.